The molecule has 0 saturated heterocycles. The first-order valence-electron chi connectivity index (χ1n) is 5.19. The lowest BCUT2D eigenvalue weighted by atomic mass is 10.0. The standard InChI is InChI=1S/C10H17NO6/c1-5(2)8(10(16)17)11-6(9(14)15)3-4-7(12)13/h5-6,8,11H,3-4H2,1-2H3,(H,12,13)(H,14,15)(H,16,17)/t6?,8-/m0/s1. The highest BCUT2D eigenvalue weighted by Crippen LogP contribution is 2.06. The van der Waals surface area contributed by atoms with Crippen molar-refractivity contribution in [3.05, 3.63) is 0 Å². The highest BCUT2D eigenvalue weighted by molar-refractivity contribution is 5.78. The summed E-state index contributed by atoms with van der Waals surface area (Å²) in [5, 5.41) is 28.6. The fourth-order valence-electron chi connectivity index (χ4n) is 1.31. The van der Waals surface area contributed by atoms with E-state index in [1.54, 1.807) is 13.8 Å². The van der Waals surface area contributed by atoms with Gasteiger partial charge >= 0.3 is 17.9 Å². The molecule has 0 saturated carbocycles. The van der Waals surface area contributed by atoms with E-state index in [-0.39, 0.29) is 18.8 Å². The van der Waals surface area contributed by atoms with Crippen molar-refractivity contribution >= 4 is 17.9 Å². The summed E-state index contributed by atoms with van der Waals surface area (Å²) in [6.45, 7) is 3.28. The zero-order valence-electron chi connectivity index (χ0n) is 9.71. The topological polar surface area (TPSA) is 124 Å². The molecule has 0 aliphatic heterocycles. The highest BCUT2D eigenvalue weighted by Gasteiger charge is 2.28. The van der Waals surface area contributed by atoms with Gasteiger partial charge in [0.1, 0.15) is 12.1 Å². The van der Waals surface area contributed by atoms with Crippen LogP contribution in [0.15, 0.2) is 0 Å². The van der Waals surface area contributed by atoms with E-state index in [1.807, 2.05) is 0 Å². The molecule has 0 fully saturated rings. The van der Waals surface area contributed by atoms with E-state index in [1.165, 1.54) is 0 Å². The molecule has 17 heavy (non-hydrogen) atoms. The molecule has 0 aliphatic carbocycles. The van der Waals surface area contributed by atoms with Crippen molar-refractivity contribution in [3.63, 3.8) is 0 Å². The second kappa shape index (κ2) is 6.85. The van der Waals surface area contributed by atoms with Gasteiger partial charge in [0.05, 0.1) is 0 Å². The number of rotatable bonds is 8. The third-order valence-corrected chi connectivity index (χ3v) is 2.26. The number of carboxylic acids is 3. The van der Waals surface area contributed by atoms with Gasteiger partial charge in [0, 0.05) is 6.42 Å². The van der Waals surface area contributed by atoms with Gasteiger partial charge in [-0.2, -0.15) is 0 Å². The van der Waals surface area contributed by atoms with E-state index >= 15 is 0 Å². The highest BCUT2D eigenvalue weighted by atomic mass is 16.4. The summed E-state index contributed by atoms with van der Waals surface area (Å²) < 4.78 is 0. The average Bonchev–Trinajstić information content (AvgIpc) is 2.15. The van der Waals surface area contributed by atoms with Crippen LogP contribution in [0, 0.1) is 5.92 Å². The van der Waals surface area contributed by atoms with E-state index in [2.05, 4.69) is 5.32 Å². The quantitative estimate of drug-likeness (QED) is 0.476. The molecule has 0 amide bonds. The molecular formula is C10H17NO6. The van der Waals surface area contributed by atoms with Gasteiger partial charge < -0.3 is 15.3 Å². The Morgan fingerprint density at radius 2 is 1.59 bits per heavy atom. The van der Waals surface area contributed by atoms with Crippen molar-refractivity contribution in [1.29, 1.82) is 0 Å². The lowest BCUT2D eigenvalue weighted by molar-refractivity contribution is -0.143. The van der Waals surface area contributed by atoms with Crippen molar-refractivity contribution in [1.82, 2.24) is 5.32 Å². The van der Waals surface area contributed by atoms with Crippen molar-refractivity contribution in [2.24, 2.45) is 5.92 Å². The first-order valence-corrected chi connectivity index (χ1v) is 5.19. The van der Waals surface area contributed by atoms with Crippen LogP contribution in [0.4, 0.5) is 0 Å². The Morgan fingerprint density at radius 1 is 1.06 bits per heavy atom. The van der Waals surface area contributed by atoms with Crippen LogP contribution in [0.3, 0.4) is 0 Å². The van der Waals surface area contributed by atoms with E-state index in [0.717, 1.165) is 0 Å². The molecule has 0 spiro atoms. The van der Waals surface area contributed by atoms with Gasteiger partial charge in [-0.05, 0) is 12.3 Å². The van der Waals surface area contributed by atoms with Crippen LogP contribution in [-0.4, -0.2) is 45.3 Å². The van der Waals surface area contributed by atoms with Crippen molar-refractivity contribution in [3.8, 4) is 0 Å². The Hall–Kier alpha value is -1.63. The van der Waals surface area contributed by atoms with Crippen molar-refractivity contribution in [2.75, 3.05) is 0 Å². The molecule has 0 aliphatic rings. The van der Waals surface area contributed by atoms with E-state index in [4.69, 9.17) is 15.3 Å². The second-order valence-electron chi connectivity index (χ2n) is 4.05. The first kappa shape index (κ1) is 15.4. The number of hydrogen-bond acceptors (Lipinski definition) is 4. The number of carboxylic acid groups (broad SMARTS) is 3. The summed E-state index contributed by atoms with van der Waals surface area (Å²) >= 11 is 0. The monoisotopic (exact) mass is 247 g/mol. The zero-order chi connectivity index (χ0) is 13.6. The van der Waals surface area contributed by atoms with Gasteiger partial charge in [-0.25, -0.2) is 0 Å². The van der Waals surface area contributed by atoms with Gasteiger partial charge in [0.15, 0.2) is 0 Å². The van der Waals surface area contributed by atoms with Crippen molar-refractivity contribution < 1.29 is 29.7 Å². The maximum atomic E-state index is 10.9. The molecule has 98 valence electrons. The average molecular weight is 247 g/mol. The smallest absolute Gasteiger partial charge is 0.320 e. The van der Waals surface area contributed by atoms with E-state index < -0.39 is 30.0 Å². The van der Waals surface area contributed by atoms with Gasteiger partial charge in [0.2, 0.25) is 0 Å². The molecule has 0 bridgehead atoms. The summed E-state index contributed by atoms with van der Waals surface area (Å²) in [6, 6.07) is -2.18. The fraction of sp³-hybridized carbons (Fsp3) is 0.700. The molecule has 0 rings (SSSR count). The summed E-state index contributed by atoms with van der Waals surface area (Å²) in [5.74, 6) is -3.81. The van der Waals surface area contributed by atoms with Gasteiger partial charge in [-0.1, -0.05) is 13.8 Å². The number of carbonyl (C=O) groups is 3. The Morgan fingerprint density at radius 3 is 1.88 bits per heavy atom. The fourth-order valence-corrected chi connectivity index (χ4v) is 1.31. The molecule has 2 atom stereocenters. The molecule has 0 heterocycles. The maximum Gasteiger partial charge on any atom is 0.320 e. The van der Waals surface area contributed by atoms with E-state index in [0.29, 0.717) is 0 Å². The van der Waals surface area contributed by atoms with Crippen LogP contribution in [-0.2, 0) is 14.4 Å². The second-order valence-corrected chi connectivity index (χ2v) is 4.05. The Kier molecular flexibility index (Phi) is 6.19. The molecule has 7 heteroatoms. The summed E-state index contributed by atoms with van der Waals surface area (Å²) in [7, 11) is 0. The van der Waals surface area contributed by atoms with Crippen molar-refractivity contribution in [2.45, 2.75) is 38.8 Å². The summed E-state index contributed by atoms with van der Waals surface area (Å²) in [4.78, 5) is 32.1. The van der Waals surface area contributed by atoms with Crippen LogP contribution in [0.1, 0.15) is 26.7 Å². The largest absolute Gasteiger partial charge is 0.481 e. The molecule has 0 aromatic carbocycles. The predicted molar refractivity (Wildman–Crippen MR) is 57.7 cm³/mol. The predicted octanol–water partition coefficient (Wildman–Crippen LogP) is 0.00320. The number of hydrogen-bond donors (Lipinski definition) is 4. The third kappa shape index (κ3) is 5.86. The molecule has 0 aromatic heterocycles. The Bertz CT molecular complexity index is 301. The SMILES string of the molecule is CC(C)[C@H](NC(CCC(=O)O)C(=O)O)C(=O)O. The number of nitrogens with one attached hydrogen (secondary N) is 1. The molecule has 1 unspecified atom stereocenters. The molecular weight excluding hydrogens is 230 g/mol. The molecule has 0 radical (unpaired) electrons. The molecule has 4 N–H and O–H groups in total. The van der Waals surface area contributed by atoms with Gasteiger partial charge in [-0.3, -0.25) is 19.7 Å². The zero-order valence-corrected chi connectivity index (χ0v) is 9.71. The number of aliphatic carboxylic acids is 3. The minimum atomic E-state index is -1.25. The normalized spacial score (nSPS) is 14.3. The maximum absolute atomic E-state index is 10.9. The van der Waals surface area contributed by atoms with Gasteiger partial charge in [0.25, 0.3) is 0 Å². The van der Waals surface area contributed by atoms with Crippen LogP contribution < -0.4 is 5.32 Å². The minimum absolute atomic E-state index is 0.152. The summed E-state index contributed by atoms with van der Waals surface area (Å²) in [5.41, 5.74) is 0. The van der Waals surface area contributed by atoms with Crippen LogP contribution >= 0.6 is 0 Å². The van der Waals surface area contributed by atoms with Gasteiger partial charge in [-0.15, -0.1) is 0 Å². The molecule has 0 aromatic rings. The lowest BCUT2D eigenvalue weighted by Crippen LogP contribution is -2.49. The minimum Gasteiger partial charge on any atom is -0.481 e. The van der Waals surface area contributed by atoms with Crippen LogP contribution in [0.5, 0.6) is 0 Å². The Balaban J connectivity index is 4.56. The lowest BCUT2D eigenvalue weighted by Gasteiger charge is -2.22. The summed E-state index contributed by atoms with van der Waals surface area (Å²) in [6.07, 6.45) is -0.477. The van der Waals surface area contributed by atoms with E-state index in [9.17, 15) is 14.4 Å². The Labute approximate surface area is 98.4 Å². The van der Waals surface area contributed by atoms with Crippen LogP contribution in [0.25, 0.3) is 0 Å². The van der Waals surface area contributed by atoms with Crippen LogP contribution in [0.2, 0.25) is 0 Å². The third-order valence-electron chi connectivity index (χ3n) is 2.26. The first-order chi connectivity index (χ1) is 7.75. The molecule has 7 nitrogen and oxygen atoms in total.